The van der Waals surface area contributed by atoms with Crippen molar-refractivity contribution >= 4 is 28.5 Å². The lowest BCUT2D eigenvalue weighted by Gasteiger charge is -2.14. The number of rotatable bonds is 4. The number of hydrogen-bond acceptors (Lipinski definition) is 2. The van der Waals surface area contributed by atoms with Crippen LogP contribution in [0.4, 0.5) is 4.39 Å². The summed E-state index contributed by atoms with van der Waals surface area (Å²) in [6.45, 7) is 1.90. The van der Waals surface area contributed by atoms with E-state index in [4.69, 9.17) is 5.26 Å². The van der Waals surface area contributed by atoms with Gasteiger partial charge in [0.25, 0.3) is 5.91 Å². The number of nitrogens with zero attached hydrogens (tertiary/aromatic N) is 1. The SMILES string of the molecule is CCC(CC#N)NC(=O)c1ccc(F)cc1I. The Morgan fingerprint density at radius 1 is 1.65 bits per heavy atom. The van der Waals surface area contributed by atoms with Gasteiger partial charge in [0.05, 0.1) is 18.1 Å². The lowest BCUT2D eigenvalue weighted by Crippen LogP contribution is -2.34. The van der Waals surface area contributed by atoms with E-state index in [1.807, 2.05) is 35.6 Å². The molecule has 1 aromatic carbocycles. The molecule has 0 radical (unpaired) electrons. The standard InChI is InChI=1S/C12H12FIN2O/c1-2-9(5-6-15)16-12(17)10-4-3-8(13)7-11(10)14/h3-4,7,9H,2,5H2,1H3,(H,16,17). The number of nitriles is 1. The van der Waals surface area contributed by atoms with Crippen LogP contribution in [0.2, 0.25) is 0 Å². The summed E-state index contributed by atoms with van der Waals surface area (Å²) in [7, 11) is 0. The highest BCUT2D eigenvalue weighted by molar-refractivity contribution is 14.1. The van der Waals surface area contributed by atoms with Crippen molar-refractivity contribution in [2.75, 3.05) is 0 Å². The summed E-state index contributed by atoms with van der Waals surface area (Å²) in [5.41, 5.74) is 0.434. The first kappa shape index (κ1) is 13.9. The predicted molar refractivity (Wildman–Crippen MR) is 70.9 cm³/mol. The molecule has 1 unspecified atom stereocenters. The third-order valence-corrected chi connectivity index (χ3v) is 3.23. The highest BCUT2D eigenvalue weighted by Crippen LogP contribution is 2.14. The Morgan fingerprint density at radius 2 is 2.35 bits per heavy atom. The van der Waals surface area contributed by atoms with Crippen LogP contribution in [0.25, 0.3) is 0 Å². The third kappa shape index (κ3) is 3.97. The number of carbonyl (C=O) groups excluding carboxylic acids is 1. The Hall–Kier alpha value is -1.16. The van der Waals surface area contributed by atoms with E-state index in [2.05, 4.69) is 5.32 Å². The van der Waals surface area contributed by atoms with Crippen LogP contribution < -0.4 is 5.32 Å². The van der Waals surface area contributed by atoms with Crippen LogP contribution in [-0.4, -0.2) is 11.9 Å². The molecule has 1 aromatic rings. The monoisotopic (exact) mass is 346 g/mol. The molecule has 90 valence electrons. The Kier molecular flexibility index (Phi) is 5.35. The van der Waals surface area contributed by atoms with E-state index in [1.54, 1.807) is 0 Å². The number of halogens is 2. The molecule has 0 aliphatic heterocycles. The molecule has 0 bridgehead atoms. The topological polar surface area (TPSA) is 52.9 Å². The average molecular weight is 346 g/mol. The normalized spacial score (nSPS) is 11.6. The molecule has 1 N–H and O–H groups in total. The zero-order valence-corrected chi connectivity index (χ0v) is 11.5. The average Bonchev–Trinajstić information content (AvgIpc) is 2.28. The number of nitrogens with one attached hydrogen (secondary N) is 1. The fraction of sp³-hybridized carbons (Fsp3) is 0.333. The summed E-state index contributed by atoms with van der Waals surface area (Å²) in [6, 6.07) is 5.87. The number of hydrogen-bond donors (Lipinski definition) is 1. The van der Waals surface area contributed by atoms with Gasteiger partial charge in [-0.1, -0.05) is 6.92 Å². The first-order valence-electron chi connectivity index (χ1n) is 5.21. The maximum Gasteiger partial charge on any atom is 0.252 e. The molecule has 1 atom stereocenters. The van der Waals surface area contributed by atoms with Gasteiger partial charge in [-0.2, -0.15) is 5.26 Å². The van der Waals surface area contributed by atoms with Crippen LogP contribution in [0.15, 0.2) is 18.2 Å². The molecule has 0 fully saturated rings. The second kappa shape index (κ2) is 6.55. The molecule has 0 heterocycles. The van der Waals surface area contributed by atoms with Crippen molar-refractivity contribution in [2.24, 2.45) is 0 Å². The minimum Gasteiger partial charge on any atom is -0.348 e. The summed E-state index contributed by atoms with van der Waals surface area (Å²) in [5, 5.41) is 11.3. The zero-order valence-electron chi connectivity index (χ0n) is 9.34. The van der Waals surface area contributed by atoms with Crippen molar-refractivity contribution in [3.8, 4) is 6.07 Å². The minimum atomic E-state index is -0.366. The molecule has 1 rings (SSSR count). The van der Waals surface area contributed by atoms with Crippen molar-refractivity contribution in [3.63, 3.8) is 0 Å². The lowest BCUT2D eigenvalue weighted by molar-refractivity contribution is 0.0935. The molecular formula is C12H12FIN2O. The van der Waals surface area contributed by atoms with Gasteiger partial charge in [-0.05, 0) is 47.2 Å². The molecule has 17 heavy (non-hydrogen) atoms. The van der Waals surface area contributed by atoms with Gasteiger partial charge in [-0.25, -0.2) is 4.39 Å². The fourth-order valence-corrected chi connectivity index (χ4v) is 2.07. The van der Waals surface area contributed by atoms with Crippen LogP contribution in [0, 0.1) is 20.7 Å². The second-order valence-electron chi connectivity index (χ2n) is 3.57. The molecule has 0 aliphatic rings. The Labute approximate surface area is 113 Å². The fourth-order valence-electron chi connectivity index (χ4n) is 1.34. The molecule has 0 saturated carbocycles. The van der Waals surface area contributed by atoms with E-state index in [9.17, 15) is 9.18 Å². The van der Waals surface area contributed by atoms with Crippen LogP contribution >= 0.6 is 22.6 Å². The summed E-state index contributed by atoms with van der Waals surface area (Å²) >= 11 is 1.92. The summed E-state index contributed by atoms with van der Waals surface area (Å²) < 4.78 is 13.4. The Morgan fingerprint density at radius 3 is 2.88 bits per heavy atom. The van der Waals surface area contributed by atoms with Crippen molar-refractivity contribution in [3.05, 3.63) is 33.1 Å². The van der Waals surface area contributed by atoms with Gasteiger partial charge in [0.1, 0.15) is 5.82 Å². The van der Waals surface area contributed by atoms with E-state index in [0.717, 1.165) is 0 Å². The Balaban J connectivity index is 2.79. The van der Waals surface area contributed by atoms with Gasteiger partial charge in [-0.15, -0.1) is 0 Å². The molecule has 1 amide bonds. The summed E-state index contributed by atoms with van der Waals surface area (Å²) in [5.74, 6) is -0.633. The smallest absolute Gasteiger partial charge is 0.252 e. The van der Waals surface area contributed by atoms with Crippen molar-refractivity contribution in [2.45, 2.75) is 25.8 Å². The number of amides is 1. The quantitative estimate of drug-likeness (QED) is 0.853. The van der Waals surface area contributed by atoms with Gasteiger partial charge in [0, 0.05) is 9.61 Å². The predicted octanol–water partition coefficient (Wildman–Crippen LogP) is 2.85. The number of carbonyl (C=O) groups is 1. The van der Waals surface area contributed by atoms with Gasteiger partial charge >= 0.3 is 0 Å². The van der Waals surface area contributed by atoms with E-state index >= 15 is 0 Å². The maximum atomic E-state index is 12.9. The molecule has 0 saturated heterocycles. The van der Waals surface area contributed by atoms with Gasteiger partial charge in [-0.3, -0.25) is 4.79 Å². The molecule has 0 aliphatic carbocycles. The van der Waals surface area contributed by atoms with Crippen LogP contribution in [0.5, 0.6) is 0 Å². The van der Waals surface area contributed by atoms with Crippen LogP contribution in [0.1, 0.15) is 30.1 Å². The van der Waals surface area contributed by atoms with Crippen molar-refractivity contribution in [1.82, 2.24) is 5.32 Å². The second-order valence-corrected chi connectivity index (χ2v) is 4.73. The van der Waals surface area contributed by atoms with Crippen LogP contribution in [-0.2, 0) is 0 Å². The van der Waals surface area contributed by atoms with Crippen molar-refractivity contribution in [1.29, 1.82) is 5.26 Å². The van der Waals surface area contributed by atoms with Gasteiger partial charge in [0.15, 0.2) is 0 Å². The minimum absolute atomic E-state index is 0.159. The van der Waals surface area contributed by atoms with E-state index in [0.29, 0.717) is 15.6 Å². The summed E-state index contributed by atoms with van der Waals surface area (Å²) in [4.78, 5) is 11.9. The lowest BCUT2D eigenvalue weighted by atomic mass is 10.1. The molecular weight excluding hydrogens is 334 g/mol. The molecule has 3 nitrogen and oxygen atoms in total. The zero-order chi connectivity index (χ0) is 12.8. The molecule has 0 aromatic heterocycles. The largest absolute Gasteiger partial charge is 0.348 e. The molecule has 0 spiro atoms. The highest BCUT2D eigenvalue weighted by Gasteiger charge is 2.14. The maximum absolute atomic E-state index is 12.9. The van der Waals surface area contributed by atoms with Crippen molar-refractivity contribution < 1.29 is 9.18 Å². The third-order valence-electron chi connectivity index (χ3n) is 2.34. The summed E-state index contributed by atoms with van der Waals surface area (Å²) in [6.07, 6.45) is 0.969. The van der Waals surface area contributed by atoms with Crippen LogP contribution in [0.3, 0.4) is 0 Å². The highest BCUT2D eigenvalue weighted by atomic mass is 127. The Bertz CT molecular complexity index is 456. The van der Waals surface area contributed by atoms with E-state index in [1.165, 1.54) is 18.2 Å². The van der Waals surface area contributed by atoms with Gasteiger partial charge < -0.3 is 5.32 Å². The van der Waals surface area contributed by atoms with E-state index in [-0.39, 0.29) is 24.2 Å². The van der Waals surface area contributed by atoms with Gasteiger partial charge in [0.2, 0.25) is 0 Å². The first-order valence-corrected chi connectivity index (χ1v) is 6.29. The first-order chi connectivity index (χ1) is 8.08. The molecule has 5 heteroatoms. The number of benzene rings is 1. The van der Waals surface area contributed by atoms with E-state index < -0.39 is 0 Å².